The van der Waals surface area contributed by atoms with Crippen LogP contribution in [-0.4, -0.2) is 17.8 Å². The molecule has 1 aliphatic carbocycles. The summed E-state index contributed by atoms with van der Waals surface area (Å²) in [5.74, 6) is 0. The maximum atomic E-state index is 11.1. The number of carbonyl (C=O) groups is 1. The number of nitrogens with zero attached hydrogens (tertiary/aromatic N) is 1. The zero-order valence-corrected chi connectivity index (χ0v) is 8.47. The number of aliphatic imine (C=N–C) groups is 1. The molecule has 1 radical (unpaired) electrons. The minimum Gasteiger partial charge on any atom is -0.324 e. The Hall–Kier alpha value is -2.16. The summed E-state index contributed by atoms with van der Waals surface area (Å²) in [7, 11) is 0. The van der Waals surface area contributed by atoms with Crippen molar-refractivity contribution in [3.8, 4) is 0 Å². The molecule has 3 nitrogen and oxygen atoms in total. The SMILES string of the molecule is O=C1N=C2C=CC(c3c[c]ccc3)=CC2N1. The van der Waals surface area contributed by atoms with E-state index in [1.54, 1.807) is 0 Å². The maximum absolute atomic E-state index is 11.1. The number of hydrogen-bond donors (Lipinski definition) is 1. The van der Waals surface area contributed by atoms with Gasteiger partial charge in [-0.2, -0.15) is 4.99 Å². The number of fused-ring (bicyclic) bond motifs is 1. The zero-order valence-electron chi connectivity index (χ0n) is 8.47. The van der Waals surface area contributed by atoms with Crippen molar-refractivity contribution in [1.29, 1.82) is 0 Å². The molecule has 0 spiro atoms. The smallest absolute Gasteiger partial charge is 0.324 e. The van der Waals surface area contributed by atoms with Crippen molar-refractivity contribution in [2.45, 2.75) is 6.04 Å². The van der Waals surface area contributed by atoms with E-state index < -0.39 is 0 Å². The second kappa shape index (κ2) is 3.45. The molecule has 1 heterocycles. The third-order valence-electron chi connectivity index (χ3n) is 2.65. The summed E-state index contributed by atoms with van der Waals surface area (Å²) in [6.07, 6.45) is 5.86. The van der Waals surface area contributed by atoms with Gasteiger partial charge in [0, 0.05) is 0 Å². The fraction of sp³-hybridized carbons (Fsp3) is 0.0769. The van der Waals surface area contributed by atoms with Crippen LogP contribution in [0.3, 0.4) is 0 Å². The van der Waals surface area contributed by atoms with Crippen LogP contribution in [0, 0.1) is 6.07 Å². The Bertz CT molecular complexity index is 526. The highest BCUT2D eigenvalue weighted by Gasteiger charge is 2.24. The minimum absolute atomic E-state index is 0.0762. The van der Waals surface area contributed by atoms with E-state index in [1.165, 1.54) is 0 Å². The first-order valence-corrected chi connectivity index (χ1v) is 5.08. The van der Waals surface area contributed by atoms with Crippen LogP contribution >= 0.6 is 0 Å². The summed E-state index contributed by atoms with van der Waals surface area (Å²) in [6.45, 7) is 0. The van der Waals surface area contributed by atoms with Gasteiger partial charge in [-0.3, -0.25) is 0 Å². The quantitative estimate of drug-likeness (QED) is 0.754. The van der Waals surface area contributed by atoms with Crippen LogP contribution in [0.4, 0.5) is 4.79 Å². The van der Waals surface area contributed by atoms with Gasteiger partial charge in [-0.05, 0) is 35.4 Å². The van der Waals surface area contributed by atoms with Gasteiger partial charge in [0.25, 0.3) is 0 Å². The first-order valence-electron chi connectivity index (χ1n) is 5.08. The molecular weight excluding hydrogens is 200 g/mol. The van der Waals surface area contributed by atoms with Gasteiger partial charge in [-0.25, -0.2) is 4.79 Å². The third-order valence-corrected chi connectivity index (χ3v) is 2.65. The number of urea groups is 1. The van der Waals surface area contributed by atoms with Crippen LogP contribution in [0.15, 0.2) is 47.5 Å². The molecule has 0 saturated heterocycles. The Morgan fingerprint density at radius 3 is 3.12 bits per heavy atom. The highest BCUT2D eigenvalue weighted by Crippen LogP contribution is 2.21. The van der Waals surface area contributed by atoms with E-state index in [0.717, 1.165) is 16.8 Å². The number of allylic oxidation sites excluding steroid dienone is 2. The standard InChI is InChI=1S/C13H9N2O/c16-13-14-11-7-6-10(8-12(11)15-13)9-4-2-1-3-5-9/h1-2,4-8,12H,(H,15,16). The number of amides is 2. The molecule has 3 heteroatoms. The summed E-state index contributed by atoms with van der Waals surface area (Å²) in [5, 5.41) is 2.78. The molecule has 1 aromatic carbocycles. The summed E-state index contributed by atoms with van der Waals surface area (Å²) >= 11 is 0. The Kier molecular flexibility index (Phi) is 1.96. The lowest BCUT2D eigenvalue weighted by atomic mass is 9.96. The van der Waals surface area contributed by atoms with Crippen molar-refractivity contribution >= 4 is 17.3 Å². The van der Waals surface area contributed by atoms with Gasteiger partial charge >= 0.3 is 6.03 Å². The van der Waals surface area contributed by atoms with E-state index in [1.807, 2.05) is 42.5 Å². The molecule has 0 saturated carbocycles. The molecule has 0 aromatic heterocycles. The fourth-order valence-electron chi connectivity index (χ4n) is 1.87. The molecule has 1 unspecified atom stereocenters. The van der Waals surface area contributed by atoms with Crippen molar-refractivity contribution in [1.82, 2.24) is 5.32 Å². The van der Waals surface area contributed by atoms with Gasteiger partial charge in [0.1, 0.15) is 0 Å². The van der Waals surface area contributed by atoms with E-state index in [-0.39, 0.29) is 12.1 Å². The lowest BCUT2D eigenvalue weighted by Crippen LogP contribution is -2.30. The third kappa shape index (κ3) is 1.46. The molecule has 16 heavy (non-hydrogen) atoms. The van der Waals surface area contributed by atoms with Gasteiger partial charge in [-0.1, -0.05) is 24.3 Å². The highest BCUT2D eigenvalue weighted by molar-refractivity contribution is 6.14. The lowest BCUT2D eigenvalue weighted by Gasteiger charge is -2.13. The number of carbonyl (C=O) groups excluding carboxylic acids is 1. The molecule has 1 N–H and O–H groups in total. The second-order valence-corrected chi connectivity index (χ2v) is 3.71. The average Bonchev–Trinajstić information content (AvgIpc) is 2.69. The number of rotatable bonds is 1. The predicted molar refractivity (Wildman–Crippen MR) is 62.1 cm³/mol. The predicted octanol–water partition coefficient (Wildman–Crippen LogP) is 1.97. The topological polar surface area (TPSA) is 41.5 Å². The number of nitrogens with one attached hydrogen (secondary N) is 1. The van der Waals surface area contributed by atoms with Crippen LogP contribution in [0.25, 0.3) is 5.57 Å². The average molecular weight is 209 g/mol. The first-order chi connectivity index (χ1) is 7.83. The van der Waals surface area contributed by atoms with Crippen molar-refractivity contribution in [3.63, 3.8) is 0 Å². The van der Waals surface area contributed by atoms with Crippen molar-refractivity contribution in [2.24, 2.45) is 4.99 Å². The summed E-state index contributed by atoms with van der Waals surface area (Å²) in [6, 6.07) is 10.4. The van der Waals surface area contributed by atoms with E-state index in [9.17, 15) is 4.79 Å². The molecule has 1 atom stereocenters. The normalized spacial score (nSPS) is 22.2. The molecule has 0 bridgehead atoms. The maximum Gasteiger partial charge on any atom is 0.342 e. The number of hydrogen-bond acceptors (Lipinski definition) is 1. The number of benzene rings is 1. The van der Waals surface area contributed by atoms with Gasteiger partial charge < -0.3 is 5.32 Å². The molecule has 2 amide bonds. The van der Waals surface area contributed by atoms with Crippen LogP contribution in [0.2, 0.25) is 0 Å². The van der Waals surface area contributed by atoms with Crippen LogP contribution in [0.5, 0.6) is 0 Å². The van der Waals surface area contributed by atoms with Gasteiger partial charge in [0.2, 0.25) is 0 Å². The Balaban J connectivity index is 1.97. The molecule has 1 aromatic rings. The minimum atomic E-state index is -0.262. The van der Waals surface area contributed by atoms with Gasteiger partial charge in [0.05, 0.1) is 11.8 Å². The summed E-state index contributed by atoms with van der Waals surface area (Å²) < 4.78 is 0. The largest absolute Gasteiger partial charge is 0.342 e. The van der Waals surface area contributed by atoms with Crippen molar-refractivity contribution in [2.75, 3.05) is 0 Å². The summed E-state index contributed by atoms with van der Waals surface area (Å²) in [4.78, 5) is 15.0. The molecule has 0 fully saturated rings. The van der Waals surface area contributed by atoms with E-state index in [0.29, 0.717) is 0 Å². The fourth-order valence-corrected chi connectivity index (χ4v) is 1.87. The second-order valence-electron chi connectivity index (χ2n) is 3.71. The monoisotopic (exact) mass is 209 g/mol. The zero-order chi connectivity index (χ0) is 11.0. The molecule has 77 valence electrons. The highest BCUT2D eigenvalue weighted by atomic mass is 16.2. The molecule has 2 aliphatic rings. The van der Waals surface area contributed by atoms with Crippen LogP contribution in [0.1, 0.15) is 5.56 Å². The van der Waals surface area contributed by atoms with E-state index >= 15 is 0 Å². The Labute approximate surface area is 93.2 Å². The van der Waals surface area contributed by atoms with Gasteiger partial charge in [0.15, 0.2) is 0 Å². The van der Waals surface area contributed by atoms with E-state index in [2.05, 4.69) is 16.4 Å². The molecule has 3 rings (SSSR count). The lowest BCUT2D eigenvalue weighted by molar-refractivity contribution is 0.251. The van der Waals surface area contributed by atoms with E-state index in [4.69, 9.17) is 0 Å². The van der Waals surface area contributed by atoms with Gasteiger partial charge in [-0.15, -0.1) is 0 Å². The molecule has 1 aliphatic heterocycles. The Morgan fingerprint density at radius 1 is 1.38 bits per heavy atom. The van der Waals surface area contributed by atoms with Crippen molar-refractivity contribution < 1.29 is 4.79 Å². The van der Waals surface area contributed by atoms with Crippen LogP contribution in [-0.2, 0) is 0 Å². The Morgan fingerprint density at radius 2 is 2.31 bits per heavy atom. The summed E-state index contributed by atoms with van der Waals surface area (Å²) in [5.41, 5.74) is 2.97. The van der Waals surface area contributed by atoms with Crippen molar-refractivity contribution in [3.05, 3.63) is 54.1 Å². The first kappa shape index (κ1) is 9.09. The van der Waals surface area contributed by atoms with Crippen LogP contribution < -0.4 is 5.32 Å². The molecular formula is C13H9N2O.